The predicted octanol–water partition coefficient (Wildman–Crippen LogP) is -5.68. The van der Waals surface area contributed by atoms with E-state index >= 15 is 0 Å². The van der Waals surface area contributed by atoms with Gasteiger partial charge in [-0.2, -0.15) is 0 Å². The standard InChI is InChI=1S/C2H7NO.4ClH.Zr/c3-1-2-4;;;;;/h4H,1-3H2;4*1H;/q;;;;;+4/p-4. The first-order chi connectivity index (χ1) is 3.33. The van der Waals surface area contributed by atoms with E-state index in [4.69, 9.17) is 27.9 Å². The monoisotopic (exact) mass is 291 g/mol. The van der Waals surface area contributed by atoms with Crippen molar-refractivity contribution in [1.82, 2.24) is 0 Å². The molecule has 0 amide bonds. The summed E-state index contributed by atoms with van der Waals surface area (Å²) in [5, 5.41) is 7.75. The Hall–Kier alpha value is 1.96. The summed E-state index contributed by atoms with van der Waals surface area (Å²) in [6.07, 6.45) is 0. The summed E-state index contributed by atoms with van der Waals surface area (Å²) in [6, 6.07) is 0. The van der Waals surface area contributed by atoms with Crippen LogP contribution in [0.15, 0.2) is 0 Å². The molecule has 0 aliphatic carbocycles. The molecular weight excluding hydrogens is 287 g/mol. The van der Waals surface area contributed by atoms with E-state index in [1.54, 1.807) is 0 Å². The predicted molar refractivity (Wildman–Crippen MR) is 27.8 cm³/mol. The third-order valence-electron chi connectivity index (χ3n) is 0.129. The molecule has 0 saturated carbocycles. The number of rotatable bonds is 1. The van der Waals surface area contributed by atoms with Crippen molar-refractivity contribution in [1.29, 1.82) is 0 Å². The van der Waals surface area contributed by atoms with Crippen LogP contribution in [0.25, 0.3) is 0 Å². The van der Waals surface area contributed by atoms with E-state index in [2.05, 4.69) is 0 Å². The number of nitrogens with two attached hydrogens (primary N) is 1. The van der Waals surface area contributed by atoms with Gasteiger partial charge in [0, 0.05) is 6.54 Å². The van der Waals surface area contributed by atoms with Crippen LogP contribution < -0.4 is 30.5 Å². The second-order valence-corrected chi connectivity index (χ2v) is 4.32. The van der Waals surface area contributed by atoms with Crippen LogP contribution >= 0.6 is 17.0 Å². The Morgan fingerprint density at radius 3 is 1.44 bits per heavy atom. The van der Waals surface area contributed by atoms with Crippen molar-refractivity contribution in [2.75, 3.05) is 13.2 Å². The zero-order valence-electron chi connectivity index (χ0n) is 4.45. The van der Waals surface area contributed by atoms with Gasteiger partial charge in [0.2, 0.25) is 0 Å². The number of halogens is 4. The van der Waals surface area contributed by atoms with Gasteiger partial charge in [0.05, 0.1) is 6.61 Å². The Bertz CT molecular complexity index is 26.0. The average molecular weight is 294 g/mol. The molecule has 0 saturated heterocycles. The Labute approximate surface area is 86.0 Å². The number of hydrogen-bond donors (Lipinski definition) is 2. The number of aliphatic hydroxyl groups excluding tert-OH is 1. The summed E-state index contributed by atoms with van der Waals surface area (Å²) in [5.74, 6) is 0. The Morgan fingerprint density at radius 1 is 1.33 bits per heavy atom. The van der Waals surface area contributed by atoms with Gasteiger partial charge in [-0.15, -0.1) is 0 Å². The molecule has 9 heavy (non-hydrogen) atoms. The van der Waals surface area contributed by atoms with E-state index in [1.807, 2.05) is 0 Å². The molecule has 0 aromatic carbocycles. The van der Waals surface area contributed by atoms with E-state index in [-0.39, 0.29) is 31.4 Å². The van der Waals surface area contributed by atoms with Gasteiger partial charge in [-0.1, -0.05) is 0 Å². The average Bonchev–Trinajstić information content (AvgIpc) is 1.69. The van der Waals surface area contributed by atoms with Crippen LogP contribution in [0.1, 0.15) is 0 Å². The summed E-state index contributed by atoms with van der Waals surface area (Å²) in [4.78, 5) is 0. The zero-order chi connectivity index (χ0) is 6.12. The fourth-order valence-electron chi connectivity index (χ4n) is 0. The summed E-state index contributed by atoms with van der Waals surface area (Å²) < 4.78 is 0. The third kappa shape index (κ3) is 72.0. The van der Waals surface area contributed by atoms with Gasteiger partial charge < -0.3 is 35.7 Å². The minimum absolute atomic E-state index is 0. The first-order valence-electron chi connectivity index (χ1n) is 1.60. The zero-order valence-corrected chi connectivity index (χ0v) is 9.93. The molecule has 0 aromatic rings. The maximum absolute atomic E-state index is 7.75. The van der Waals surface area contributed by atoms with Gasteiger partial charge >= 0.3 is 37.9 Å². The van der Waals surface area contributed by atoms with Crippen LogP contribution in [0.2, 0.25) is 0 Å². The molecule has 7 heteroatoms. The summed E-state index contributed by atoms with van der Waals surface area (Å²) in [6.45, 7) is 0.472. The van der Waals surface area contributed by atoms with Crippen LogP contribution in [0.3, 0.4) is 0 Å². The van der Waals surface area contributed by atoms with E-state index < -0.39 is 20.8 Å². The second kappa shape index (κ2) is 32.5. The van der Waals surface area contributed by atoms with Gasteiger partial charge in [-0.3, -0.25) is 0 Å². The molecule has 0 bridgehead atoms. The summed E-state index contributed by atoms with van der Waals surface area (Å²) in [7, 11) is 9.87. The molecule has 3 N–H and O–H groups in total. The molecular formula is C2H7Cl4NOZr. The molecule has 0 aromatic heterocycles. The van der Waals surface area contributed by atoms with Crippen LogP contribution in [0, 0.1) is 0 Å². The Kier molecular flexibility index (Phi) is 81.0. The molecule has 0 spiro atoms. The molecule has 0 heterocycles. The van der Waals surface area contributed by atoms with E-state index in [0.29, 0.717) is 6.54 Å². The molecule has 0 radical (unpaired) electrons. The molecule has 0 aliphatic heterocycles. The van der Waals surface area contributed by atoms with Crippen molar-refractivity contribution < 1.29 is 50.8 Å². The first-order valence-corrected chi connectivity index (χ1v) is 7.93. The molecule has 58 valence electrons. The van der Waals surface area contributed by atoms with E-state index in [0.717, 1.165) is 0 Å². The number of aliphatic hydroxyl groups is 1. The molecule has 0 rings (SSSR count). The van der Waals surface area contributed by atoms with Crippen molar-refractivity contribution in [3.8, 4) is 0 Å². The van der Waals surface area contributed by atoms with E-state index in [1.165, 1.54) is 0 Å². The van der Waals surface area contributed by atoms with Crippen molar-refractivity contribution >= 4 is 17.0 Å². The van der Waals surface area contributed by atoms with Gasteiger partial charge in [0.25, 0.3) is 0 Å². The summed E-state index contributed by atoms with van der Waals surface area (Å²) >= 11 is -0.826. The van der Waals surface area contributed by atoms with Crippen molar-refractivity contribution in [2.24, 2.45) is 5.73 Å². The quantitative estimate of drug-likeness (QED) is 0.506. The Morgan fingerprint density at radius 2 is 1.44 bits per heavy atom. The van der Waals surface area contributed by atoms with Crippen molar-refractivity contribution in [3.05, 3.63) is 0 Å². The first kappa shape index (κ1) is 22.4. The molecule has 2 nitrogen and oxygen atoms in total. The maximum atomic E-state index is 7.75. The third-order valence-corrected chi connectivity index (χ3v) is 0.129. The van der Waals surface area contributed by atoms with Gasteiger partial charge in [0.1, 0.15) is 0 Å². The minimum atomic E-state index is -0.826. The number of hydrogen-bond acceptors (Lipinski definition) is 2. The van der Waals surface area contributed by atoms with Crippen LogP contribution in [0.4, 0.5) is 0 Å². The molecule has 0 aliphatic rings. The van der Waals surface area contributed by atoms with Gasteiger partial charge in [-0.25, -0.2) is 0 Å². The van der Waals surface area contributed by atoms with Crippen LogP contribution in [-0.4, -0.2) is 18.3 Å². The SMILES string of the molecule is NCCO.[Cl-].[Cl-].[Cl][Zr+2][Cl]. The molecule has 0 fully saturated rings. The molecule has 0 atom stereocenters. The van der Waals surface area contributed by atoms with Gasteiger partial charge in [0.15, 0.2) is 0 Å². The molecule has 0 unspecified atom stereocenters. The van der Waals surface area contributed by atoms with Crippen LogP contribution in [0.5, 0.6) is 0 Å². The van der Waals surface area contributed by atoms with Crippen molar-refractivity contribution in [2.45, 2.75) is 0 Å². The topological polar surface area (TPSA) is 46.2 Å². The van der Waals surface area contributed by atoms with E-state index in [9.17, 15) is 0 Å². The van der Waals surface area contributed by atoms with Crippen LogP contribution in [-0.2, 0) is 20.8 Å². The summed E-state index contributed by atoms with van der Waals surface area (Å²) in [5.41, 5.74) is 4.78. The fourth-order valence-corrected chi connectivity index (χ4v) is 0. The second-order valence-electron chi connectivity index (χ2n) is 0.584. The Balaban J connectivity index is -0.0000000233. The fraction of sp³-hybridized carbons (Fsp3) is 1.00. The van der Waals surface area contributed by atoms with Gasteiger partial charge in [-0.05, 0) is 0 Å². The normalized spacial score (nSPS) is 4.44. The van der Waals surface area contributed by atoms with Crippen molar-refractivity contribution in [3.63, 3.8) is 0 Å².